The van der Waals surface area contributed by atoms with Gasteiger partial charge in [-0.25, -0.2) is 14.3 Å². The third-order valence-electron chi connectivity index (χ3n) is 3.21. The van der Waals surface area contributed by atoms with E-state index in [1.54, 1.807) is 22.8 Å². The molecule has 0 unspecified atom stereocenters. The zero-order valence-electron chi connectivity index (χ0n) is 11.5. The van der Waals surface area contributed by atoms with Gasteiger partial charge in [0.2, 0.25) is 5.28 Å². The van der Waals surface area contributed by atoms with Gasteiger partial charge in [-0.15, -0.1) is 0 Å². The number of aromatic nitrogens is 4. The number of halogens is 1. The topological polar surface area (TPSA) is 72.9 Å². The molecule has 0 bridgehead atoms. The van der Waals surface area contributed by atoms with Crippen molar-refractivity contribution in [3.05, 3.63) is 46.2 Å². The van der Waals surface area contributed by atoms with Crippen LogP contribution in [0.2, 0.25) is 5.28 Å². The maximum atomic E-state index is 12.7. The summed E-state index contributed by atoms with van der Waals surface area (Å²) in [6, 6.07) is 6.34. The highest BCUT2D eigenvalue weighted by atomic mass is 35.5. The lowest BCUT2D eigenvalue weighted by Crippen LogP contribution is -2.25. The molecule has 3 aromatic rings. The van der Waals surface area contributed by atoms with Crippen molar-refractivity contribution in [2.45, 2.75) is 19.9 Å². The van der Waals surface area contributed by atoms with Crippen molar-refractivity contribution in [3.63, 3.8) is 0 Å². The Labute approximate surface area is 125 Å². The highest BCUT2D eigenvalue weighted by molar-refractivity contribution is 6.28. The van der Waals surface area contributed by atoms with Gasteiger partial charge < -0.3 is 5.11 Å². The van der Waals surface area contributed by atoms with E-state index in [1.807, 2.05) is 13.8 Å². The minimum absolute atomic E-state index is 0.0552. The van der Waals surface area contributed by atoms with Crippen molar-refractivity contribution < 1.29 is 5.11 Å². The van der Waals surface area contributed by atoms with E-state index in [4.69, 9.17) is 11.6 Å². The largest absolute Gasteiger partial charge is 0.508 e. The molecule has 0 amide bonds. The molecular formula is C14H13ClN4O2. The summed E-state index contributed by atoms with van der Waals surface area (Å²) in [6.45, 7) is 3.81. The fraction of sp³-hybridized carbons (Fsp3) is 0.214. The van der Waals surface area contributed by atoms with Crippen LogP contribution in [0.4, 0.5) is 0 Å². The van der Waals surface area contributed by atoms with Crippen molar-refractivity contribution in [1.29, 1.82) is 0 Å². The first-order valence-corrected chi connectivity index (χ1v) is 6.81. The number of imidazole rings is 1. The molecule has 0 aliphatic heterocycles. The standard InChI is InChI=1S/C14H13ClN4O2/c1-8(2)18-11-7-9(20)3-4-10(11)19(14(18)21)12-5-6-16-13(15)17-12/h3-8,20H,1-2H3. The molecule has 2 heterocycles. The smallest absolute Gasteiger partial charge is 0.335 e. The summed E-state index contributed by atoms with van der Waals surface area (Å²) < 4.78 is 3.06. The Morgan fingerprint density at radius 3 is 2.67 bits per heavy atom. The van der Waals surface area contributed by atoms with Crippen molar-refractivity contribution in [3.8, 4) is 11.6 Å². The number of aromatic hydroxyl groups is 1. The quantitative estimate of drug-likeness (QED) is 0.738. The summed E-state index contributed by atoms with van der Waals surface area (Å²) in [7, 11) is 0. The molecule has 3 rings (SSSR count). The Kier molecular flexibility index (Phi) is 3.17. The molecule has 7 heteroatoms. The van der Waals surface area contributed by atoms with E-state index in [-0.39, 0.29) is 22.8 Å². The van der Waals surface area contributed by atoms with Crippen LogP contribution in [-0.2, 0) is 0 Å². The number of benzene rings is 1. The first kappa shape index (κ1) is 13.6. The van der Waals surface area contributed by atoms with Crippen LogP contribution < -0.4 is 5.69 Å². The van der Waals surface area contributed by atoms with E-state index in [0.717, 1.165) is 0 Å². The average Bonchev–Trinajstić information content (AvgIpc) is 2.70. The number of nitrogens with zero attached hydrogens (tertiary/aromatic N) is 4. The fourth-order valence-electron chi connectivity index (χ4n) is 2.38. The van der Waals surface area contributed by atoms with Gasteiger partial charge in [0.05, 0.1) is 11.0 Å². The predicted molar refractivity (Wildman–Crippen MR) is 80.2 cm³/mol. The normalized spacial score (nSPS) is 11.4. The van der Waals surface area contributed by atoms with Crippen LogP contribution in [0.3, 0.4) is 0 Å². The van der Waals surface area contributed by atoms with E-state index >= 15 is 0 Å². The Morgan fingerprint density at radius 1 is 1.24 bits per heavy atom. The first-order valence-electron chi connectivity index (χ1n) is 6.44. The minimum Gasteiger partial charge on any atom is -0.508 e. The number of fused-ring (bicyclic) bond motifs is 1. The molecule has 108 valence electrons. The van der Waals surface area contributed by atoms with Gasteiger partial charge in [-0.3, -0.25) is 4.57 Å². The van der Waals surface area contributed by atoms with Gasteiger partial charge in [-0.1, -0.05) is 0 Å². The zero-order chi connectivity index (χ0) is 15.1. The molecule has 6 nitrogen and oxygen atoms in total. The lowest BCUT2D eigenvalue weighted by molar-refractivity contribution is 0.475. The second-order valence-electron chi connectivity index (χ2n) is 4.94. The summed E-state index contributed by atoms with van der Waals surface area (Å²) in [4.78, 5) is 20.6. The van der Waals surface area contributed by atoms with E-state index in [9.17, 15) is 9.90 Å². The summed E-state index contributed by atoms with van der Waals surface area (Å²) >= 11 is 5.81. The molecule has 0 fully saturated rings. The van der Waals surface area contributed by atoms with Gasteiger partial charge in [-0.2, -0.15) is 4.98 Å². The van der Waals surface area contributed by atoms with E-state index in [2.05, 4.69) is 9.97 Å². The fourth-order valence-corrected chi connectivity index (χ4v) is 2.52. The SMILES string of the molecule is CC(C)n1c(=O)n(-c2ccnc(Cl)n2)c2ccc(O)cc21. The number of phenolic OH excluding ortho intramolecular Hbond substituents is 1. The molecule has 0 spiro atoms. The lowest BCUT2D eigenvalue weighted by Gasteiger charge is -2.06. The van der Waals surface area contributed by atoms with Crippen LogP contribution in [0.5, 0.6) is 5.75 Å². The third kappa shape index (κ3) is 2.17. The maximum absolute atomic E-state index is 12.7. The summed E-state index contributed by atoms with van der Waals surface area (Å²) in [5.74, 6) is 0.504. The second-order valence-corrected chi connectivity index (χ2v) is 5.28. The molecule has 0 saturated carbocycles. The summed E-state index contributed by atoms with van der Waals surface area (Å²) in [6.07, 6.45) is 1.50. The van der Waals surface area contributed by atoms with Gasteiger partial charge in [-0.05, 0) is 37.6 Å². The van der Waals surface area contributed by atoms with E-state index < -0.39 is 0 Å². The molecule has 0 aliphatic rings. The van der Waals surface area contributed by atoms with Crippen molar-refractivity contribution in [2.24, 2.45) is 0 Å². The monoisotopic (exact) mass is 304 g/mol. The van der Waals surface area contributed by atoms with Crippen LogP contribution in [0, 0.1) is 0 Å². The molecular weight excluding hydrogens is 292 g/mol. The van der Waals surface area contributed by atoms with Crippen LogP contribution in [0.1, 0.15) is 19.9 Å². The minimum atomic E-state index is -0.236. The van der Waals surface area contributed by atoms with Crippen LogP contribution >= 0.6 is 11.6 Å². The van der Waals surface area contributed by atoms with Gasteiger partial charge >= 0.3 is 5.69 Å². The Hall–Kier alpha value is -2.34. The zero-order valence-corrected chi connectivity index (χ0v) is 12.2. The molecule has 0 radical (unpaired) electrons. The van der Waals surface area contributed by atoms with Gasteiger partial charge in [0.1, 0.15) is 11.6 Å². The highest BCUT2D eigenvalue weighted by Crippen LogP contribution is 2.23. The first-order chi connectivity index (χ1) is 9.99. The molecule has 0 atom stereocenters. The highest BCUT2D eigenvalue weighted by Gasteiger charge is 2.17. The van der Waals surface area contributed by atoms with Gasteiger partial charge in [0, 0.05) is 24.4 Å². The molecule has 2 aromatic heterocycles. The van der Waals surface area contributed by atoms with Crippen LogP contribution in [0.15, 0.2) is 35.3 Å². The second kappa shape index (κ2) is 4.89. The van der Waals surface area contributed by atoms with E-state index in [0.29, 0.717) is 16.9 Å². The Morgan fingerprint density at radius 2 is 2.00 bits per heavy atom. The molecule has 21 heavy (non-hydrogen) atoms. The predicted octanol–water partition coefficient (Wildman–Crippen LogP) is 2.52. The molecule has 1 aromatic carbocycles. The molecule has 1 N–H and O–H groups in total. The maximum Gasteiger partial charge on any atom is 0.335 e. The van der Waals surface area contributed by atoms with Crippen molar-refractivity contribution >= 4 is 22.6 Å². The summed E-state index contributed by atoms with van der Waals surface area (Å²) in [5.41, 5.74) is 1.06. The van der Waals surface area contributed by atoms with E-state index in [1.165, 1.54) is 16.8 Å². The number of hydrogen-bond acceptors (Lipinski definition) is 4. The van der Waals surface area contributed by atoms with Crippen molar-refractivity contribution in [2.75, 3.05) is 0 Å². The summed E-state index contributed by atoms with van der Waals surface area (Å²) in [5, 5.41) is 9.75. The van der Waals surface area contributed by atoms with Gasteiger partial charge in [0.25, 0.3) is 0 Å². The van der Waals surface area contributed by atoms with Gasteiger partial charge in [0.15, 0.2) is 0 Å². The number of phenols is 1. The Balaban J connectivity index is 2.43. The third-order valence-corrected chi connectivity index (χ3v) is 3.40. The van der Waals surface area contributed by atoms with Crippen LogP contribution in [0.25, 0.3) is 16.9 Å². The average molecular weight is 305 g/mol. The van der Waals surface area contributed by atoms with Crippen molar-refractivity contribution in [1.82, 2.24) is 19.1 Å². The number of rotatable bonds is 2. The molecule has 0 saturated heterocycles. The molecule has 0 aliphatic carbocycles. The Bertz CT molecular complexity index is 882. The number of hydrogen-bond donors (Lipinski definition) is 1. The van der Waals surface area contributed by atoms with Crippen LogP contribution in [-0.4, -0.2) is 24.2 Å². The lowest BCUT2D eigenvalue weighted by atomic mass is 10.2.